The minimum atomic E-state index is -0.995. The molecule has 0 fully saturated rings. The third-order valence-electron chi connectivity index (χ3n) is 6.83. The molecule has 2 aliphatic heterocycles. The molecule has 8 nitrogen and oxygen atoms in total. The number of benzene rings is 4. The molecule has 0 aliphatic carbocycles. The van der Waals surface area contributed by atoms with Crippen LogP contribution in [0.1, 0.15) is 70.2 Å². The van der Waals surface area contributed by atoms with Gasteiger partial charge in [0.25, 0.3) is 0 Å². The van der Waals surface area contributed by atoms with Crippen molar-refractivity contribution in [1.82, 2.24) is 0 Å². The topological polar surface area (TPSA) is 112 Å². The minimum Gasteiger partial charge on any atom is -0.493 e. The number of carbonyl (C=O) groups is 2. The number of rotatable bonds is 7. The van der Waals surface area contributed by atoms with Crippen LogP contribution in [-0.4, -0.2) is 34.9 Å². The summed E-state index contributed by atoms with van der Waals surface area (Å²) in [5.41, 5.74) is 3.70. The molecule has 0 radical (unpaired) electrons. The van der Waals surface area contributed by atoms with Gasteiger partial charge in [-0.2, -0.15) is 0 Å². The maximum Gasteiger partial charge on any atom is 0.339 e. The molecule has 2 N–H and O–H groups in total. The fraction of sp³-hybridized carbons (Fsp3) is 0.235. The van der Waals surface area contributed by atoms with Crippen LogP contribution in [0, 0.1) is 0 Å². The number of fused-ring (bicyclic) bond motifs is 4. The zero-order valence-electron chi connectivity index (χ0n) is 24.1. The Kier molecular flexibility index (Phi) is 10.1. The summed E-state index contributed by atoms with van der Waals surface area (Å²) in [4.78, 5) is 23.3. The van der Waals surface area contributed by atoms with E-state index in [1.54, 1.807) is 24.3 Å². The first-order valence-corrected chi connectivity index (χ1v) is 13.9. The zero-order valence-corrected chi connectivity index (χ0v) is 26.1. The number of carboxylic acid groups (broad SMARTS) is 2. The van der Waals surface area contributed by atoms with E-state index in [1.807, 2.05) is 69.3 Å². The Morgan fingerprint density at radius 3 is 1.65 bits per heavy atom. The van der Waals surface area contributed by atoms with Crippen LogP contribution < -0.4 is 18.9 Å². The molecule has 2 aliphatic rings. The minimum absolute atomic E-state index is 0. The van der Waals surface area contributed by atoms with E-state index in [9.17, 15) is 19.8 Å². The van der Waals surface area contributed by atoms with Crippen molar-refractivity contribution < 1.29 is 59.8 Å². The molecule has 0 aromatic heterocycles. The smallest absolute Gasteiger partial charge is 0.339 e. The predicted molar refractivity (Wildman–Crippen MR) is 157 cm³/mol. The van der Waals surface area contributed by atoms with Gasteiger partial charge in [0.2, 0.25) is 0 Å². The maximum absolute atomic E-state index is 11.7. The Morgan fingerprint density at radius 2 is 1.19 bits per heavy atom. The van der Waals surface area contributed by atoms with E-state index in [0.717, 1.165) is 29.0 Å². The summed E-state index contributed by atoms with van der Waals surface area (Å²) < 4.78 is 22.8. The van der Waals surface area contributed by atoms with Crippen LogP contribution in [0.2, 0.25) is 0 Å². The molecule has 0 unspecified atom stereocenters. The summed E-state index contributed by atoms with van der Waals surface area (Å²) in [6.45, 7) is 6.22. The van der Waals surface area contributed by atoms with Crippen LogP contribution in [0.3, 0.4) is 0 Å². The molecule has 0 amide bonds. The van der Waals surface area contributed by atoms with Gasteiger partial charge in [-0.05, 0) is 67.8 Å². The van der Waals surface area contributed by atoms with E-state index in [4.69, 9.17) is 18.9 Å². The third-order valence-corrected chi connectivity index (χ3v) is 6.83. The third kappa shape index (κ3) is 6.86. The standard InChI is InChI=1S/2C17H16O4.Mo/c1-10(2)20-15-8-7-14-12(16(15)17(18)19)9-11-5-3-4-6-13(11)21-14;1-2-9-20-15-8-7-14-12(16(15)17(18)19)10-11-5-3-4-6-13(11)21-14;/h3-8,10H,9H2,1-2H3,(H,18,19);3-8H,2,9-10H2,1H3,(H,18,19);. The van der Waals surface area contributed by atoms with Crippen LogP contribution in [0.25, 0.3) is 0 Å². The Morgan fingerprint density at radius 1 is 0.721 bits per heavy atom. The first-order chi connectivity index (χ1) is 20.3. The summed E-state index contributed by atoms with van der Waals surface area (Å²) in [5, 5.41) is 19.1. The maximum atomic E-state index is 11.7. The summed E-state index contributed by atoms with van der Waals surface area (Å²) in [5.74, 6) is 1.55. The molecule has 9 heteroatoms. The first kappa shape index (κ1) is 31.6. The van der Waals surface area contributed by atoms with Crippen LogP contribution >= 0.6 is 0 Å². The van der Waals surface area contributed by atoms with Crippen molar-refractivity contribution in [3.8, 4) is 34.5 Å². The van der Waals surface area contributed by atoms with E-state index in [0.29, 0.717) is 53.6 Å². The van der Waals surface area contributed by atoms with Crippen molar-refractivity contribution in [3.63, 3.8) is 0 Å². The monoisotopic (exact) mass is 666 g/mol. The van der Waals surface area contributed by atoms with E-state index in [2.05, 4.69) is 0 Å². The van der Waals surface area contributed by atoms with E-state index < -0.39 is 11.9 Å². The molecule has 2 heterocycles. The molecule has 0 saturated heterocycles. The van der Waals surface area contributed by atoms with Gasteiger partial charge in [0.1, 0.15) is 45.6 Å². The van der Waals surface area contributed by atoms with Crippen molar-refractivity contribution >= 4 is 11.9 Å². The molecule has 6 rings (SSSR count). The molecule has 0 spiro atoms. The largest absolute Gasteiger partial charge is 0.493 e. The zero-order chi connectivity index (χ0) is 29.8. The molecule has 4 aromatic rings. The van der Waals surface area contributed by atoms with Crippen molar-refractivity contribution in [3.05, 3.63) is 106 Å². The van der Waals surface area contributed by atoms with Gasteiger partial charge in [-0.15, -0.1) is 0 Å². The predicted octanol–water partition coefficient (Wildman–Crippen LogP) is 7.74. The van der Waals surface area contributed by atoms with Gasteiger partial charge in [0, 0.05) is 45.0 Å². The molecule has 222 valence electrons. The second kappa shape index (κ2) is 13.8. The first-order valence-electron chi connectivity index (χ1n) is 13.9. The number of hydrogen-bond donors (Lipinski definition) is 2. The molecule has 0 atom stereocenters. The second-order valence-electron chi connectivity index (χ2n) is 10.2. The number of hydrogen-bond acceptors (Lipinski definition) is 6. The molecular formula is C34H32MoO8. The Hall–Kier alpha value is -4.29. The number of para-hydroxylation sites is 2. The van der Waals surface area contributed by atoms with Gasteiger partial charge < -0.3 is 29.2 Å². The molecular weight excluding hydrogens is 632 g/mol. The van der Waals surface area contributed by atoms with E-state index in [1.165, 1.54) is 0 Å². The SMILES string of the molecule is CC(C)Oc1ccc2c(c1C(=O)O)Cc1ccccc1O2.CCCOc1ccc2c(c1C(=O)O)Cc1ccccc1O2.[Mo]. The summed E-state index contributed by atoms with van der Waals surface area (Å²) >= 11 is 0. The van der Waals surface area contributed by atoms with Gasteiger partial charge in [-0.1, -0.05) is 43.3 Å². The number of carboxylic acids is 2. The number of ether oxygens (including phenoxy) is 4. The van der Waals surface area contributed by atoms with Crippen molar-refractivity contribution in [2.45, 2.75) is 46.1 Å². The van der Waals surface area contributed by atoms with Crippen molar-refractivity contribution in [2.24, 2.45) is 0 Å². The number of aromatic carboxylic acids is 2. The Bertz CT molecular complexity index is 1650. The quantitative estimate of drug-likeness (QED) is 0.167. The van der Waals surface area contributed by atoms with Crippen LogP contribution in [0.15, 0.2) is 72.8 Å². The fourth-order valence-electron chi connectivity index (χ4n) is 5.03. The average Bonchev–Trinajstić information content (AvgIpc) is 2.97. The average molecular weight is 665 g/mol. The van der Waals surface area contributed by atoms with Gasteiger partial charge in [0.05, 0.1) is 12.7 Å². The van der Waals surface area contributed by atoms with E-state index in [-0.39, 0.29) is 38.3 Å². The van der Waals surface area contributed by atoms with Crippen molar-refractivity contribution in [1.29, 1.82) is 0 Å². The Balaban J connectivity index is 0.000000192. The summed E-state index contributed by atoms with van der Waals surface area (Å²) in [7, 11) is 0. The van der Waals surface area contributed by atoms with E-state index >= 15 is 0 Å². The molecule has 4 aromatic carbocycles. The van der Waals surface area contributed by atoms with Crippen LogP contribution in [0.4, 0.5) is 0 Å². The van der Waals surface area contributed by atoms with Gasteiger partial charge in [-0.3, -0.25) is 0 Å². The van der Waals surface area contributed by atoms with Gasteiger partial charge >= 0.3 is 11.9 Å². The molecule has 0 saturated carbocycles. The van der Waals surface area contributed by atoms with Gasteiger partial charge in [0.15, 0.2) is 0 Å². The van der Waals surface area contributed by atoms with Crippen molar-refractivity contribution in [2.75, 3.05) is 6.61 Å². The van der Waals surface area contributed by atoms with Crippen LogP contribution in [-0.2, 0) is 33.9 Å². The van der Waals surface area contributed by atoms with Gasteiger partial charge in [-0.25, -0.2) is 9.59 Å². The molecule has 0 bridgehead atoms. The second-order valence-corrected chi connectivity index (χ2v) is 10.2. The molecule has 43 heavy (non-hydrogen) atoms. The summed E-state index contributed by atoms with van der Waals surface area (Å²) in [6, 6.07) is 22.2. The Labute approximate surface area is 264 Å². The fourth-order valence-corrected chi connectivity index (χ4v) is 5.03. The summed E-state index contributed by atoms with van der Waals surface area (Å²) in [6.07, 6.45) is 1.81. The van der Waals surface area contributed by atoms with Crippen LogP contribution in [0.5, 0.6) is 34.5 Å². The normalized spacial score (nSPS) is 11.9.